The normalized spacial score (nSPS) is 12.2. The lowest BCUT2D eigenvalue weighted by Gasteiger charge is -2.12. The van der Waals surface area contributed by atoms with Crippen molar-refractivity contribution in [2.75, 3.05) is 13.7 Å². The number of para-hydroxylation sites is 1. The summed E-state index contributed by atoms with van der Waals surface area (Å²) in [7, 11) is 1.63. The molecule has 0 aliphatic rings. The van der Waals surface area contributed by atoms with Gasteiger partial charge in [-0.25, -0.2) is 4.98 Å². The van der Waals surface area contributed by atoms with Gasteiger partial charge in [-0.05, 0) is 24.6 Å². The molecule has 2 heterocycles. The van der Waals surface area contributed by atoms with Crippen molar-refractivity contribution in [1.82, 2.24) is 15.6 Å². The summed E-state index contributed by atoms with van der Waals surface area (Å²) in [6, 6.07) is 10.9. The van der Waals surface area contributed by atoms with Gasteiger partial charge in [-0.1, -0.05) is 18.2 Å². The van der Waals surface area contributed by atoms with E-state index in [0.717, 1.165) is 22.3 Å². The van der Waals surface area contributed by atoms with E-state index in [1.807, 2.05) is 31.2 Å². The van der Waals surface area contributed by atoms with Crippen molar-refractivity contribution in [3.63, 3.8) is 0 Å². The summed E-state index contributed by atoms with van der Waals surface area (Å²) in [6.45, 7) is 1.40. The molecule has 0 aliphatic heterocycles. The van der Waals surface area contributed by atoms with Gasteiger partial charge in [0.25, 0.3) is 0 Å². The number of furan rings is 1. The topological polar surface area (TPSA) is 71.7 Å². The quantitative estimate of drug-likeness (QED) is 0.479. The second kappa shape index (κ2) is 8.85. The zero-order chi connectivity index (χ0) is 20.9. The number of nitrogens with zero attached hydrogens (tertiary/aromatic N) is 2. The van der Waals surface area contributed by atoms with Gasteiger partial charge >= 0.3 is 6.18 Å². The van der Waals surface area contributed by atoms with Gasteiger partial charge in [-0.3, -0.25) is 4.99 Å². The van der Waals surface area contributed by atoms with Gasteiger partial charge in [0.05, 0.1) is 6.54 Å². The van der Waals surface area contributed by atoms with Crippen molar-refractivity contribution in [2.24, 2.45) is 4.99 Å². The van der Waals surface area contributed by atoms with Crippen molar-refractivity contribution in [2.45, 2.75) is 26.2 Å². The maximum atomic E-state index is 12.3. The molecule has 3 rings (SSSR count). The molecule has 2 aromatic heterocycles. The minimum atomic E-state index is -4.41. The highest BCUT2D eigenvalue weighted by molar-refractivity contribution is 5.82. The van der Waals surface area contributed by atoms with E-state index in [1.165, 1.54) is 12.3 Å². The van der Waals surface area contributed by atoms with E-state index in [-0.39, 0.29) is 5.88 Å². The predicted octanol–water partition coefficient (Wildman–Crippen LogP) is 3.94. The average Bonchev–Trinajstić information content (AvgIpc) is 3.02. The molecule has 0 saturated heterocycles. The fourth-order valence-corrected chi connectivity index (χ4v) is 2.76. The van der Waals surface area contributed by atoms with Crippen molar-refractivity contribution in [1.29, 1.82) is 0 Å². The van der Waals surface area contributed by atoms with Crippen molar-refractivity contribution >= 4 is 16.9 Å². The van der Waals surface area contributed by atoms with Crippen LogP contribution in [0.25, 0.3) is 11.0 Å². The molecule has 1 aromatic carbocycles. The third kappa shape index (κ3) is 5.63. The first-order chi connectivity index (χ1) is 13.9. The summed E-state index contributed by atoms with van der Waals surface area (Å²) >= 11 is 0. The number of hydrogen-bond donors (Lipinski definition) is 2. The number of nitrogens with one attached hydrogen (secondary N) is 2. The number of guanidine groups is 1. The summed E-state index contributed by atoms with van der Waals surface area (Å²) in [5.41, 5.74) is 2.59. The zero-order valence-corrected chi connectivity index (χ0v) is 16.0. The van der Waals surface area contributed by atoms with Crippen molar-refractivity contribution in [3.8, 4) is 5.88 Å². The summed E-state index contributed by atoms with van der Waals surface area (Å²) < 4.78 is 47.3. The van der Waals surface area contributed by atoms with E-state index in [1.54, 1.807) is 13.1 Å². The lowest BCUT2D eigenvalue weighted by Crippen LogP contribution is -2.36. The van der Waals surface area contributed by atoms with Crippen molar-refractivity contribution < 1.29 is 22.3 Å². The fourth-order valence-electron chi connectivity index (χ4n) is 2.76. The van der Waals surface area contributed by atoms with E-state index >= 15 is 0 Å². The summed E-state index contributed by atoms with van der Waals surface area (Å²) in [5, 5.41) is 7.33. The molecule has 0 bridgehead atoms. The number of halogens is 3. The Morgan fingerprint density at radius 3 is 2.66 bits per heavy atom. The number of pyridine rings is 1. The molecule has 29 heavy (non-hydrogen) atoms. The molecule has 0 amide bonds. The Kier molecular flexibility index (Phi) is 6.26. The highest BCUT2D eigenvalue weighted by atomic mass is 19.4. The van der Waals surface area contributed by atoms with Crippen LogP contribution in [0.4, 0.5) is 13.2 Å². The Hall–Kier alpha value is -3.23. The number of alkyl halides is 3. The molecule has 9 heteroatoms. The molecular formula is C20H21F3N4O2. The van der Waals surface area contributed by atoms with Gasteiger partial charge in [0, 0.05) is 36.8 Å². The molecule has 6 nitrogen and oxygen atoms in total. The Morgan fingerprint density at radius 1 is 1.17 bits per heavy atom. The number of aliphatic imine (C=N–C) groups is 1. The highest BCUT2D eigenvalue weighted by Gasteiger charge is 2.28. The number of fused-ring (bicyclic) bond motifs is 1. The molecule has 3 aromatic rings. The minimum Gasteiger partial charge on any atom is -0.468 e. The first-order valence-corrected chi connectivity index (χ1v) is 8.92. The summed E-state index contributed by atoms with van der Waals surface area (Å²) in [4.78, 5) is 7.94. The lowest BCUT2D eigenvalue weighted by molar-refractivity contribution is -0.154. The van der Waals surface area contributed by atoms with Crippen LogP contribution in [0, 0.1) is 6.92 Å². The van der Waals surface area contributed by atoms with Crippen LogP contribution in [-0.4, -0.2) is 30.8 Å². The van der Waals surface area contributed by atoms with Crippen LogP contribution in [0.2, 0.25) is 0 Å². The number of hydrogen-bond acceptors (Lipinski definition) is 4. The van der Waals surface area contributed by atoms with Gasteiger partial charge < -0.3 is 19.8 Å². The standard InChI is InChI=1S/C20H21F3N4O2/c1-13-15-5-3-4-6-16(15)29-17(13)11-27-19(24-2)26-10-14-7-8-25-18(9-14)28-12-20(21,22)23/h3-9H,10-12H2,1-2H3,(H2,24,26,27). The SMILES string of the molecule is CN=C(NCc1ccnc(OCC(F)(F)F)c1)NCc1oc2ccccc2c1C. The van der Waals surface area contributed by atoms with Gasteiger partial charge in [0.15, 0.2) is 12.6 Å². The molecule has 154 valence electrons. The number of aryl methyl sites for hydroxylation is 1. The lowest BCUT2D eigenvalue weighted by atomic mass is 10.1. The number of rotatable bonds is 6. The Balaban J connectivity index is 1.56. The fraction of sp³-hybridized carbons (Fsp3) is 0.300. The third-order valence-electron chi connectivity index (χ3n) is 4.23. The van der Waals surface area contributed by atoms with E-state index in [2.05, 4.69) is 25.3 Å². The van der Waals surface area contributed by atoms with Crippen LogP contribution in [0.5, 0.6) is 5.88 Å². The summed E-state index contributed by atoms with van der Waals surface area (Å²) in [5.74, 6) is 1.25. The maximum Gasteiger partial charge on any atom is 0.422 e. The highest BCUT2D eigenvalue weighted by Crippen LogP contribution is 2.24. The molecule has 0 fully saturated rings. The van der Waals surface area contributed by atoms with Crippen LogP contribution in [0.3, 0.4) is 0 Å². The Labute approximate surface area is 165 Å². The second-order valence-corrected chi connectivity index (χ2v) is 6.33. The Bertz CT molecular complexity index is 999. The van der Waals surface area contributed by atoms with E-state index in [0.29, 0.717) is 24.6 Å². The molecule has 0 unspecified atom stereocenters. The van der Waals surface area contributed by atoms with E-state index < -0.39 is 12.8 Å². The van der Waals surface area contributed by atoms with Crippen LogP contribution in [-0.2, 0) is 13.1 Å². The smallest absolute Gasteiger partial charge is 0.422 e. The van der Waals surface area contributed by atoms with Gasteiger partial charge in [0.2, 0.25) is 5.88 Å². The van der Waals surface area contributed by atoms with Gasteiger partial charge in [-0.15, -0.1) is 0 Å². The van der Waals surface area contributed by atoms with Crippen LogP contribution in [0.1, 0.15) is 16.9 Å². The number of benzene rings is 1. The Morgan fingerprint density at radius 2 is 1.93 bits per heavy atom. The average molecular weight is 406 g/mol. The number of ether oxygens (including phenoxy) is 1. The predicted molar refractivity (Wildman–Crippen MR) is 104 cm³/mol. The molecule has 0 saturated carbocycles. The summed E-state index contributed by atoms with van der Waals surface area (Å²) in [6.07, 6.45) is -3.01. The molecule has 0 atom stereocenters. The number of aromatic nitrogens is 1. The monoisotopic (exact) mass is 406 g/mol. The largest absolute Gasteiger partial charge is 0.468 e. The van der Waals surface area contributed by atoms with E-state index in [9.17, 15) is 13.2 Å². The van der Waals surface area contributed by atoms with Gasteiger partial charge in [0.1, 0.15) is 11.3 Å². The molecule has 2 N–H and O–H groups in total. The minimum absolute atomic E-state index is 0.0810. The molecular weight excluding hydrogens is 385 g/mol. The molecule has 0 radical (unpaired) electrons. The first kappa shape index (κ1) is 20.5. The molecule has 0 aliphatic carbocycles. The first-order valence-electron chi connectivity index (χ1n) is 8.92. The molecule has 0 spiro atoms. The third-order valence-corrected chi connectivity index (χ3v) is 4.23. The van der Waals surface area contributed by atoms with Gasteiger partial charge in [-0.2, -0.15) is 13.2 Å². The zero-order valence-electron chi connectivity index (χ0n) is 16.0. The van der Waals surface area contributed by atoms with Crippen molar-refractivity contribution in [3.05, 3.63) is 59.5 Å². The van der Waals surface area contributed by atoms with Crippen LogP contribution >= 0.6 is 0 Å². The second-order valence-electron chi connectivity index (χ2n) is 6.33. The van der Waals surface area contributed by atoms with Crippen LogP contribution in [0.15, 0.2) is 52.0 Å². The van der Waals surface area contributed by atoms with E-state index in [4.69, 9.17) is 4.42 Å². The maximum absolute atomic E-state index is 12.3. The van der Waals surface area contributed by atoms with Crippen LogP contribution < -0.4 is 15.4 Å².